The number of hydrogen-bond donors (Lipinski definition) is 3. The van der Waals surface area contributed by atoms with Gasteiger partial charge >= 0.3 is 0 Å². The molecule has 28 heavy (non-hydrogen) atoms. The summed E-state index contributed by atoms with van der Waals surface area (Å²) in [6.07, 6.45) is 8.10. The molecule has 0 unspecified atom stereocenters. The summed E-state index contributed by atoms with van der Waals surface area (Å²) in [7, 11) is 3.57. The first-order chi connectivity index (χ1) is 13.6. The van der Waals surface area contributed by atoms with Crippen LogP contribution in [0.1, 0.15) is 50.5 Å². The molecule has 1 aromatic carbocycles. The Morgan fingerprint density at radius 1 is 1.25 bits per heavy atom. The van der Waals surface area contributed by atoms with E-state index >= 15 is 0 Å². The van der Waals surface area contributed by atoms with Crippen LogP contribution in [-0.2, 0) is 16.1 Å². The van der Waals surface area contributed by atoms with E-state index in [-0.39, 0.29) is 11.8 Å². The molecular weight excluding hydrogens is 352 g/mol. The molecule has 6 nitrogen and oxygen atoms in total. The first kappa shape index (κ1) is 20.6. The molecule has 0 heterocycles. The number of anilines is 1. The van der Waals surface area contributed by atoms with Crippen molar-refractivity contribution in [2.24, 2.45) is 16.3 Å². The van der Waals surface area contributed by atoms with E-state index in [0.717, 1.165) is 49.6 Å². The third kappa shape index (κ3) is 5.47. The predicted octanol–water partition coefficient (Wildman–Crippen LogP) is 3.30. The zero-order valence-corrected chi connectivity index (χ0v) is 17.2. The number of ether oxygens (including phenoxy) is 1. The third-order valence-corrected chi connectivity index (χ3v) is 6.24. The fraction of sp³-hybridized carbons (Fsp3) is 0.636. The molecule has 2 fully saturated rings. The summed E-state index contributed by atoms with van der Waals surface area (Å²) in [5.41, 5.74) is 2.33. The smallest absolute Gasteiger partial charge is 0.227 e. The average molecular weight is 387 g/mol. The second kappa shape index (κ2) is 9.92. The van der Waals surface area contributed by atoms with E-state index in [0.29, 0.717) is 12.0 Å². The number of guanidine groups is 1. The van der Waals surface area contributed by atoms with Crippen LogP contribution in [0.15, 0.2) is 29.3 Å². The molecule has 0 bridgehead atoms. The summed E-state index contributed by atoms with van der Waals surface area (Å²) in [5, 5.41) is 9.91. The first-order valence-electron chi connectivity index (χ1n) is 10.5. The summed E-state index contributed by atoms with van der Waals surface area (Å²) < 4.78 is 5.27. The van der Waals surface area contributed by atoms with Crippen molar-refractivity contribution >= 4 is 17.6 Å². The van der Waals surface area contributed by atoms with Crippen molar-refractivity contribution in [2.45, 2.75) is 51.5 Å². The number of nitrogens with one attached hydrogen (secondary N) is 3. The zero-order chi connectivity index (χ0) is 19.8. The van der Waals surface area contributed by atoms with Crippen molar-refractivity contribution in [3.05, 3.63) is 29.8 Å². The minimum absolute atomic E-state index is 0.149. The Morgan fingerprint density at radius 3 is 2.68 bits per heavy atom. The molecule has 0 radical (unpaired) electrons. The van der Waals surface area contributed by atoms with Crippen molar-refractivity contribution in [2.75, 3.05) is 32.6 Å². The van der Waals surface area contributed by atoms with Gasteiger partial charge in [-0.15, -0.1) is 0 Å². The largest absolute Gasteiger partial charge is 0.385 e. The van der Waals surface area contributed by atoms with Gasteiger partial charge in [0, 0.05) is 45.5 Å². The topological polar surface area (TPSA) is 74.8 Å². The number of hydrogen-bond acceptors (Lipinski definition) is 3. The molecule has 1 amide bonds. The maximum absolute atomic E-state index is 12.1. The fourth-order valence-corrected chi connectivity index (χ4v) is 3.86. The molecule has 6 heteroatoms. The number of methoxy groups -OCH3 is 1. The van der Waals surface area contributed by atoms with Gasteiger partial charge in [-0.2, -0.15) is 0 Å². The van der Waals surface area contributed by atoms with Gasteiger partial charge in [-0.05, 0) is 55.2 Å². The predicted molar refractivity (Wildman–Crippen MR) is 113 cm³/mol. The van der Waals surface area contributed by atoms with E-state index < -0.39 is 0 Å². The van der Waals surface area contributed by atoms with Crippen LogP contribution in [0.3, 0.4) is 0 Å². The minimum atomic E-state index is 0.149. The molecule has 2 aliphatic carbocycles. The third-order valence-electron chi connectivity index (χ3n) is 6.24. The lowest BCUT2D eigenvalue weighted by Gasteiger charge is -2.42. The number of nitrogens with zero attached hydrogens (tertiary/aromatic N) is 1. The van der Waals surface area contributed by atoms with Crippen LogP contribution in [0, 0.1) is 11.3 Å². The van der Waals surface area contributed by atoms with E-state index in [4.69, 9.17) is 4.74 Å². The van der Waals surface area contributed by atoms with Crippen molar-refractivity contribution in [1.29, 1.82) is 0 Å². The van der Waals surface area contributed by atoms with Gasteiger partial charge in [0.25, 0.3) is 0 Å². The molecule has 0 aliphatic heterocycles. The lowest BCUT2D eigenvalue weighted by molar-refractivity contribution is -0.122. The SMILES string of the molecule is CN=C(NCc1cccc(NC(=O)C2CCC2)c1)NCC1(CCOC)CCC1. The maximum atomic E-state index is 12.1. The Kier molecular flexibility index (Phi) is 7.31. The monoisotopic (exact) mass is 386 g/mol. The van der Waals surface area contributed by atoms with Gasteiger partial charge in [-0.1, -0.05) is 25.0 Å². The normalized spacial score (nSPS) is 18.7. The summed E-state index contributed by atoms with van der Waals surface area (Å²) in [6, 6.07) is 8.02. The van der Waals surface area contributed by atoms with Crippen molar-refractivity contribution in [3.63, 3.8) is 0 Å². The van der Waals surface area contributed by atoms with Gasteiger partial charge in [0.1, 0.15) is 0 Å². The standard InChI is InChI=1S/C22H34N4O2/c1-23-21(25-16-22(10-5-11-22)12-13-28-2)24-15-17-6-3-9-19(14-17)26-20(27)18-7-4-8-18/h3,6,9,14,18H,4-5,7-8,10-13,15-16H2,1-2H3,(H,26,27)(H2,23,24,25). The molecule has 0 atom stereocenters. The van der Waals surface area contributed by atoms with Gasteiger partial charge in [-0.25, -0.2) is 0 Å². The Hall–Kier alpha value is -2.08. The van der Waals surface area contributed by atoms with E-state index in [2.05, 4.69) is 27.0 Å². The number of amides is 1. The van der Waals surface area contributed by atoms with Crippen LogP contribution in [-0.4, -0.2) is 39.2 Å². The van der Waals surface area contributed by atoms with Crippen LogP contribution in [0.2, 0.25) is 0 Å². The minimum Gasteiger partial charge on any atom is -0.385 e. The van der Waals surface area contributed by atoms with Crippen molar-refractivity contribution in [3.8, 4) is 0 Å². The summed E-state index contributed by atoms with van der Waals surface area (Å²) in [6.45, 7) is 2.40. The molecular formula is C22H34N4O2. The molecule has 0 spiro atoms. The molecule has 3 rings (SSSR count). The Bertz CT molecular complexity index is 681. The van der Waals surface area contributed by atoms with E-state index in [1.165, 1.54) is 25.7 Å². The van der Waals surface area contributed by atoms with E-state index in [1.807, 2.05) is 18.2 Å². The molecule has 1 aromatic rings. The van der Waals surface area contributed by atoms with Crippen molar-refractivity contribution in [1.82, 2.24) is 10.6 Å². The average Bonchev–Trinajstić information content (AvgIpc) is 2.61. The summed E-state index contributed by atoms with van der Waals surface area (Å²) in [4.78, 5) is 16.5. The Labute approximate surface area is 168 Å². The second-order valence-corrected chi connectivity index (χ2v) is 8.19. The lowest BCUT2D eigenvalue weighted by Crippen LogP contribution is -2.46. The van der Waals surface area contributed by atoms with Crippen molar-refractivity contribution < 1.29 is 9.53 Å². The highest BCUT2D eigenvalue weighted by atomic mass is 16.5. The summed E-state index contributed by atoms with van der Waals surface area (Å²) in [5.74, 6) is 1.16. The van der Waals surface area contributed by atoms with Crippen LogP contribution in [0.4, 0.5) is 5.69 Å². The molecule has 2 aliphatic rings. The van der Waals surface area contributed by atoms with Crippen LogP contribution < -0.4 is 16.0 Å². The number of carbonyl (C=O) groups excluding carboxylic acids is 1. The highest BCUT2D eigenvalue weighted by molar-refractivity contribution is 5.93. The van der Waals surface area contributed by atoms with Crippen LogP contribution in [0.5, 0.6) is 0 Å². The highest BCUT2D eigenvalue weighted by Crippen LogP contribution is 2.43. The fourth-order valence-electron chi connectivity index (χ4n) is 3.86. The maximum Gasteiger partial charge on any atom is 0.227 e. The number of rotatable bonds is 9. The van der Waals surface area contributed by atoms with Gasteiger partial charge in [0.2, 0.25) is 5.91 Å². The zero-order valence-electron chi connectivity index (χ0n) is 17.2. The first-order valence-corrected chi connectivity index (χ1v) is 10.5. The van der Waals surface area contributed by atoms with E-state index in [1.54, 1.807) is 14.2 Å². The lowest BCUT2D eigenvalue weighted by atomic mass is 9.67. The van der Waals surface area contributed by atoms with Gasteiger partial charge < -0.3 is 20.7 Å². The van der Waals surface area contributed by atoms with Gasteiger partial charge in [-0.3, -0.25) is 9.79 Å². The number of carbonyl (C=O) groups is 1. The molecule has 3 N–H and O–H groups in total. The highest BCUT2D eigenvalue weighted by Gasteiger charge is 2.36. The molecule has 0 saturated heterocycles. The van der Waals surface area contributed by atoms with Gasteiger partial charge in [0.05, 0.1) is 0 Å². The Balaban J connectivity index is 1.46. The molecule has 2 saturated carbocycles. The van der Waals surface area contributed by atoms with Gasteiger partial charge in [0.15, 0.2) is 5.96 Å². The molecule has 0 aromatic heterocycles. The number of aliphatic imine (C=N–C) groups is 1. The van der Waals surface area contributed by atoms with E-state index in [9.17, 15) is 4.79 Å². The Morgan fingerprint density at radius 2 is 2.07 bits per heavy atom. The van der Waals surface area contributed by atoms with Crippen LogP contribution >= 0.6 is 0 Å². The molecule has 154 valence electrons. The quantitative estimate of drug-likeness (QED) is 0.450. The summed E-state index contributed by atoms with van der Waals surface area (Å²) >= 11 is 0. The number of benzene rings is 1. The van der Waals surface area contributed by atoms with Crippen LogP contribution in [0.25, 0.3) is 0 Å². The second-order valence-electron chi connectivity index (χ2n) is 8.19.